The highest BCUT2D eigenvalue weighted by Crippen LogP contribution is 2.45. The molecular weight excluding hydrogens is 180 g/mol. The molecule has 0 heteroatoms. The standard InChI is InChI=1S/C15H22/c1-14(2)9-6-7-13(8-12-14)15(3)10-4-5-11-15/h6-9,12H,4-5,10-11H2,1-3H3. The molecule has 0 amide bonds. The van der Waals surface area contributed by atoms with E-state index in [0.29, 0.717) is 5.41 Å². The molecular formula is C15H22. The van der Waals surface area contributed by atoms with Gasteiger partial charge in [-0.15, -0.1) is 0 Å². The van der Waals surface area contributed by atoms with E-state index >= 15 is 0 Å². The molecule has 0 aromatic rings. The Morgan fingerprint density at radius 2 is 1.67 bits per heavy atom. The Bertz CT molecular complexity index is 320. The van der Waals surface area contributed by atoms with Gasteiger partial charge in [0.05, 0.1) is 0 Å². The van der Waals surface area contributed by atoms with Gasteiger partial charge in [0.1, 0.15) is 0 Å². The van der Waals surface area contributed by atoms with Crippen LogP contribution in [0.1, 0.15) is 46.5 Å². The van der Waals surface area contributed by atoms with Crippen LogP contribution in [0, 0.1) is 10.8 Å². The van der Waals surface area contributed by atoms with Crippen molar-refractivity contribution in [1.82, 2.24) is 0 Å². The van der Waals surface area contributed by atoms with Crippen LogP contribution in [-0.2, 0) is 0 Å². The highest BCUT2D eigenvalue weighted by Gasteiger charge is 2.31. The first-order valence-corrected chi connectivity index (χ1v) is 6.11. The van der Waals surface area contributed by atoms with Crippen molar-refractivity contribution in [3.63, 3.8) is 0 Å². The van der Waals surface area contributed by atoms with E-state index in [1.54, 1.807) is 0 Å². The van der Waals surface area contributed by atoms with Gasteiger partial charge in [0.25, 0.3) is 0 Å². The van der Waals surface area contributed by atoms with E-state index in [9.17, 15) is 0 Å². The van der Waals surface area contributed by atoms with Crippen molar-refractivity contribution >= 4 is 0 Å². The fraction of sp³-hybridized carbons (Fsp3) is 0.600. The second-order valence-electron chi connectivity index (χ2n) is 5.90. The van der Waals surface area contributed by atoms with Gasteiger partial charge in [0.15, 0.2) is 0 Å². The summed E-state index contributed by atoms with van der Waals surface area (Å²) in [4.78, 5) is 0. The summed E-state index contributed by atoms with van der Waals surface area (Å²) in [7, 11) is 0. The Morgan fingerprint density at radius 1 is 1.00 bits per heavy atom. The van der Waals surface area contributed by atoms with Crippen LogP contribution in [0.2, 0.25) is 0 Å². The van der Waals surface area contributed by atoms with Crippen LogP contribution in [0.5, 0.6) is 0 Å². The molecule has 1 saturated carbocycles. The molecule has 1 fully saturated rings. The third-order valence-corrected chi connectivity index (χ3v) is 3.90. The third-order valence-electron chi connectivity index (χ3n) is 3.90. The highest BCUT2D eigenvalue weighted by atomic mass is 14.4. The van der Waals surface area contributed by atoms with Crippen molar-refractivity contribution < 1.29 is 0 Å². The molecule has 0 aromatic carbocycles. The predicted octanol–water partition coefficient (Wildman–Crippen LogP) is 4.65. The fourth-order valence-corrected chi connectivity index (χ4v) is 2.66. The molecule has 2 aliphatic rings. The lowest BCUT2D eigenvalue weighted by molar-refractivity contribution is 0.424. The smallest absolute Gasteiger partial charge is 0.00107 e. The van der Waals surface area contributed by atoms with Gasteiger partial charge in [-0.1, -0.05) is 64.0 Å². The summed E-state index contributed by atoms with van der Waals surface area (Å²) in [5.74, 6) is 0. The van der Waals surface area contributed by atoms with Crippen molar-refractivity contribution in [1.29, 1.82) is 0 Å². The number of rotatable bonds is 1. The van der Waals surface area contributed by atoms with E-state index in [1.165, 1.54) is 31.3 Å². The first-order valence-electron chi connectivity index (χ1n) is 6.11. The molecule has 15 heavy (non-hydrogen) atoms. The summed E-state index contributed by atoms with van der Waals surface area (Å²) in [6.07, 6.45) is 17.0. The lowest BCUT2D eigenvalue weighted by Gasteiger charge is -2.25. The summed E-state index contributed by atoms with van der Waals surface area (Å²) in [6, 6.07) is 0. The minimum Gasteiger partial charge on any atom is -0.0751 e. The highest BCUT2D eigenvalue weighted by molar-refractivity contribution is 5.35. The van der Waals surface area contributed by atoms with Crippen LogP contribution in [-0.4, -0.2) is 0 Å². The molecule has 0 spiro atoms. The summed E-state index contributed by atoms with van der Waals surface area (Å²) < 4.78 is 0. The van der Waals surface area contributed by atoms with E-state index in [1.807, 2.05) is 0 Å². The normalized spacial score (nSPS) is 27.5. The van der Waals surface area contributed by atoms with E-state index in [2.05, 4.69) is 51.2 Å². The van der Waals surface area contributed by atoms with Crippen LogP contribution >= 0.6 is 0 Å². The SMILES string of the molecule is CC1(C)C=CC=C(C2(C)CCCC2)C=C1. The van der Waals surface area contributed by atoms with Crippen molar-refractivity contribution in [2.45, 2.75) is 46.5 Å². The van der Waals surface area contributed by atoms with Crippen molar-refractivity contribution in [2.75, 3.05) is 0 Å². The van der Waals surface area contributed by atoms with Gasteiger partial charge in [0.2, 0.25) is 0 Å². The van der Waals surface area contributed by atoms with Gasteiger partial charge in [-0.25, -0.2) is 0 Å². The maximum absolute atomic E-state index is 2.42. The molecule has 0 heterocycles. The van der Waals surface area contributed by atoms with Crippen LogP contribution in [0.3, 0.4) is 0 Å². The Labute approximate surface area is 93.8 Å². The summed E-state index contributed by atoms with van der Waals surface area (Å²) in [5.41, 5.74) is 2.19. The Kier molecular flexibility index (Phi) is 2.62. The zero-order valence-electron chi connectivity index (χ0n) is 10.2. The van der Waals surface area contributed by atoms with Gasteiger partial charge < -0.3 is 0 Å². The van der Waals surface area contributed by atoms with E-state index in [0.717, 1.165) is 0 Å². The average Bonchev–Trinajstić information content (AvgIpc) is 2.50. The van der Waals surface area contributed by atoms with Gasteiger partial charge in [-0.05, 0) is 23.8 Å². The van der Waals surface area contributed by atoms with Gasteiger partial charge in [0, 0.05) is 5.41 Å². The maximum Gasteiger partial charge on any atom is 0.00107 e. The quantitative estimate of drug-likeness (QED) is 0.581. The fourth-order valence-electron chi connectivity index (χ4n) is 2.66. The molecule has 0 bridgehead atoms. The maximum atomic E-state index is 2.42. The monoisotopic (exact) mass is 202 g/mol. The molecule has 0 atom stereocenters. The van der Waals surface area contributed by atoms with E-state index < -0.39 is 0 Å². The summed E-state index contributed by atoms with van der Waals surface area (Å²) in [6.45, 7) is 6.93. The average molecular weight is 202 g/mol. The Morgan fingerprint density at radius 3 is 2.33 bits per heavy atom. The van der Waals surface area contributed by atoms with E-state index in [-0.39, 0.29) is 5.41 Å². The predicted molar refractivity (Wildman–Crippen MR) is 66.7 cm³/mol. The second kappa shape index (κ2) is 3.66. The topological polar surface area (TPSA) is 0 Å². The van der Waals surface area contributed by atoms with Crippen molar-refractivity contribution in [2.24, 2.45) is 10.8 Å². The molecule has 2 aliphatic carbocycles. The van der Waals surface area contributed by atoms with Gasteiger partial charge in [-0.2, -0.15) is 0 Å². The van der Waals surface area contributed by atoms with Gasteiger partial charge >= 0.3 is 0 Å². The first-order chi connectivity index (χ1) is 7.02. The third kappa shape index (κ3) is 2.25. The number of hydrogen-bond donors (Lipinski definition) is 0. The zero-order chi connectivity index (χ0) is 10.9. The van der Waals surface area contributed by atoms with Crippen LogP contribution in [0.25, 0.3) is 0 Å². The molecule has 0 aliphatic heterocycles. The molecule has 0 aromatic heterocycles. The van der Waals surface area contributed by atoms with E-state index in [4.69, 9.17) is 0 Å². The molecule has 0 nitrogen and oxygen atoms in total. The summed E-state index contributed by atoms with van der Waals surface area (Å²) >= 11 is 0. The molecule has 0 radical (unpaired) electrons. The van der Waals surface area contributed by atoms with Crippen LogP contribution in [0.4, 0.5) is 0 Å². The number of hydrogen-bond acceptors (Lipinski definition) is 0. The molecule has 0 N–H and O–H groups in total. The lowest BCUT2D eigenvalue weighted by Crippen LogP contribution is -2.13. The van der Waals surface area contributed by atoms with Crippen molar-refractivity contribution in [3.05, 3.63) is 36.0 Å². The molecule has 0 unspecified atom stereocenters. The zero-order valence-corrected chi connectivity index (χ0v) is 10.2. The van der Waals surface area contributed by atoms with Crippen LogP contribution < -0.4 is 0 Å². The molecule has 2 rings (SSSR count). The second-order valence-corrected chi connectivity index (χ2v) is 5.90. The molecule has 0 saturated heterocycles. The van der Waals surface area contributed by atoms with Crippen LogP contribution in [0.15, 0.2) is 36.0 Å². The summed E-state index contributed by atoms with van der Waals surface area (Å²) in [5, 5.41) is 0. The largest absolute Gasteiger partial charge is 0.0751 e. The minimum atomic E-state index is 0.215. The Balaban J connectivity index is 2.25. The molecule has 82 valence electrons. The first kappa shape index (κ1) is 10.7. The lowest BCUT2D eigenvalue weighted by atomic mass is 9.80. The number of allylic oxidation sites excluding steroid dienone is 6. The Hall–Kier alpha value is -0.780. The van der Waals surface area contributed by atoms with Gasteiger partial charge in [-0.3, -0.25) is 0 Å². The van der Waals surface area contributed by atoms with Crippen molar-refractivity contribution in [3.8, 4) is 0 Å². The minimum absolute atomic E-state index is 0.215.